The Hall–Kier alpha value is -3.16. The van der Waals surface area contributed by atoms with Crippen LogP contribution in [-0.4, -0.2) is 28.6 Å². The molecule has 0 spiro atoms. The third kappa shape index (κ3) is 4.87. The number of ether oxygens (including phenoxy) is 1. The van der Waals surface area contributed by atoms with Crippen molar-refractivity contribution < 1.29 is 22.1 Å². The van der Waals surface area contributed by atoms with E-state index in [0.29, 0.717) is 32.9 Å². The summed E-state index contributed by atoms with van der Waals surface area (Å²) in [4.78, 5) is 0.401. The lowest BCUT2D eigenvalue weighted by molar-refractivity contribution is -0.140. The molecule has 5 N–H and O–H groups in total. The van der Waals surface area contributed by atoms with E-state index >= 15 is 0 Å². The molecular formula is C20H19F3N4O2S. The van der Waals surface area contributed by atoms with E-state index in [2.05, 4.69) is 17.2 Å². The third-order valence-corrected chi connectivity index (χ3v) is 5.02. The summed E-state index contributed by atoms with van der Waals surface area (Å²) in [5.74, 6) is 6.01. The fourth-order valence-electron chi connectivity index (χ4n) is 2.98. The molecule has 1 heterocycles. The Morgan fingerprint density at radius 1 is 1.23 bits per heavy atom. The molecule has 0 radical (unpaired) electrons. The normalized spacial score (nSPS) is 12.3. The number of nitrogens with zero attached hydrogens (tertiary/aromatic N) is 1. The number of nitrogen functional groups attached to an aromatic ring is 1. The molecule has 0 aliphatic rings. The lowest BCUT2D eigenvalue weighted by Crippen LogP contribution is -2.18. The van der Waals surface area contributed by atoms with Gasteiger partial charge >= 0.3 is 6.18 Å². The number of nitrogens with two attached hydrogens (primary N) is 2. The number of rotatable bonds is 5. The van der Waals surface area contributed by atoms with Crippen molar-refractivity contribution in [1.82, 2.24) is 4.57 Å². The van der Waals surface area contributed by atoms with E-state index < -0.39 is 23.7 Å². The van der Waals surface area contributed by atoms with E-state index in [0.717, 1.165) is 4.57 Å². The van der Waals surface area contributed by atoms with Gasteiger partial charge in [-0.05, 0) is 42.3 Å². The third-order valence-electron chi connectivity index (χ3n) is 4.31. The monoisotopic (exact) mass is 436 g/mol. The average Bonchev–Trinajstić information content (AvgIpc) is 3.02. The fraction of sp³-hybridized carbons (Fsp3) is 0.200. The molecule has 0 fully saturated rings. The van der Waals surface area contributed by atoms with Gasteiger partial charge in [0.25, 0.3) is 0 Å². The summed E-state index contributed by atoms with van der Waals surface area (Å²) < 4.78 is 56.9. The highest BCUT2D eigenvalue weighted by atomic mass is 32.2. The van der Waals surface area contributed by atoms with Crippen LogP contribution < -0.4 is 20.9 Å². The molecule has 1 unspecified atom stereocenters. The van der Waals surface area contributed by atoms with Gasteiger partial charge in [-0.3, -0.25) is 0 Å². The highest BCUT2D eigenvalue weighted by Crippen LogP contribution is 2.29. The summed E-state index contributed by atoms with van der Waals surface area (Å²) in [6.07, 6.45) is -4.40. The molecule has 10 heteroatoms. The molecule has 0 saturated heterocycles. The highest BCUT2D eigenvalue weighted by Gasteiger charge is 2.29. The first-order chi connectivity index (χ1) is 14.2. The van der Waals surface area contributed by atoms with E-state index in [1.807, 2.05) is 0 Å². The van der Waals surface area contributed by atoms with Gasteiger partial charge in [-0.15, -0.1) is 0 Å². The molecule has 6 nitrogen and oxygen atoms in total. The molecule has 158 valence electrons. The van der Waals surface area contributed by atoms with Gasteiger partial charge in [-0.1, -0.05) is 12.0 Å². The molecule has 30 heavy (non-hydrogen) atoms. The maximum Gasteiger partial charge on any atom is 0.406 e. The van der Waals surface area contributed by atoms with E-state index in [1.54, 1.807) is 36.4 Å². The van der Waals surface area contributed by atoms with Gasteiger partial charge in [0.05, 0.1) is 35.4 Å². The Morgan fingerprint density at radius 2 is 2.00 bits per heavy atom. The molecule has 3 rings (SSSR count). The van der Waals surface area contributed by atoms with Crippen LogP contribution in [0.2, 0.25) is 0 Å². The number of alkyl halides is 3. The Kier molecular flexibility index (Phi) is 6.24. The first-order valence-electron chi connectivity index (χ1n) is 8.71. The van der Waals surface area contributed by atoms with E-state index in [-0.39, 0.29) is 12.2 Å². The van der Waals surface area contributed by atoms with Gasteiger partial charge in [0.2, 0.25) is 0 Å². The van der Waals surface area contributed by atoms with E-state index in [4.69, 9.17) is 15.6 Å². The van der Waals surface area contributed by atoms with Gasteiger partial charge in [-0.25, -0.2) is 9.35 Å². The minimum Gasteiger partial charge on any atom is -0.495 e. The van der Waals surface area contributed by atoms with E-state index in [9.17, 15) is 17.4 Å². The maximum absolute atomic E-state index is 13.1. The molecule has 2 aromatic carbocycles. The number of methoxy groups -OCH3 is 1. The molecule has 0 bridgehead atoms. The number of hydrogen-bond donors (Lipinski definition) is 3. The lowest BCUT2D eigenvalue weighted by Gasteiger charge is -2.11. The largest absolute Gasteiger partial charge is 0.495 e. The minimum absolute atomic E-state index is 0.143. The van der Waals surface area contributed by atoms with Gasteiger partial charge in [0.15, 0.2) is 0 Å². The number of fused-ring (bicyclic) bond motifs is 1. The van der Waals surface area contributed by atoms with Crippen LogP contribution in [0.15, 0.2) is 47.4 Å². The van der Waals surface area contributed by atoms with Crippen LogP contribution in [0.4, 0.5) is 24.5 Å². The van der Waals surface area contributed by atoms with Crippen LogP contribution in [0.5, 0.6) is 5.75 Å². The Morgan fingerprint density at radius 3 is 2.67 bits per heavy atom. The summed E-state index contributed by atoms with van der Waals surface area (Å²) in [6, 6.07) is 11.1. The topological polar surface area (TPSA) is 95.3 Å². The molecule has 1 atom stereocenters. The van der Waals surface area contributed by atoms with Crippen LogP contribution >= 0.6 is 0 Å². The molecule has 0 aliphatic heterocycles. The van der Waals surface area contributed by atoms with Crippen molar-refractivity contribution in [3.8, 4) is 17.6 Å². The van der Waals surface area contributed by atoms with Gasteiger partial charge in [0, 0.05) is 11.1 Å². The van der Waals surface area contributed by atoms with Crippen molar-refractivity contribution in [3.63, 3.8) is 0 Å². The number of hydrogen-bond acceptors (Lipinski definition) is 4. The van der Waals surface area contributed by atoms with E-state index in [1.165, 1.54) is 13.2 Å². The van der Waals surface area contributed by atoms with Crippen LogP contribution in [-0.2, 0) is 17.5 Å². The average molecular weight is 436 g/mol. The Bertz CT molecular complexity index is 1160. The summed E-state index contributed by atoms with van der Waals surface area (Å²) in [5, 5.41) is 8.89. The quantitative estimate of drug-likeness (QED) is 0.423. The number of benzene rings is 2. The van der Waals surface area contributed by atoms with Crippen LogP contribution in [0.1, 0.15) is 5.69 Å². The van der Waals surface area contributed by atoms with Gasteiger partial charge in [0.1, 0.15) is 23.3 Å². The fourth-order valence-corrected chi connectivity index (χ4v) is 3.40. The van der Waals surface area contributed by atoms with Crippen molar-refractivity contribution in [2.45, 2.75) is 17.6 Å². The predicted octanol–water partition coefficient (Wildman–Crippen LogP) is 3.24. The zero-order valence-electron chi connectivity index (χ0n) is 15.9. The van der Waals surface area contributed by atoms with Gasteiger partial charge in [-0.2, -0.15) is 13.2 Å². The SMILES string of the molecule is COc1cc(S(N)=O)ccc1NCC#Cc1cc2c(N)cccc2n1CC(F)(F)F. The zero-order valence-corrected chi connectivity index (χ0v) is 16.7. The molecule has 3 aromatic rings. The first kappa shape index (κ1) is 21.5. The van der Waals surface area contributed by atoms with Crippen molar-refractivity contribution in [2.75, 3.05) is 24.7 Å². The summed E-state index contributed by atoms with van der Waals surface area (Å²) in [5.41, 5.74) is 7.45. The Labute approximate surface area is 173 Å². The molecule has 0 aliphatic carbocycles. The summed E-state index contributed by atoms with van der Waals surface area (Å²) in [6.45, 7) is -1.02. The number of aromatic nitrogens is 1. The van der Waals surface area contributed by atoms with Crippen LogP contribution in [0, 0.1) is 11.8 Å². The van der Waals surface area contributed by atoms with Crippen molar-refractivity contribution in [3.05, 3.63) is 48.2 Å². The second kappa shape index (κ2) is 8.69. The molecule has 0 amide bonds. The minimum atomic E-state index is -4.40. The standard InChI is InChI=1S/C20H19F3N4O2S/c1-29-19-11-14(30(25)28)7-8-17(19)26-9-3-4-13-10-15-16(24)5-2-6-18(15)27(13)12-20(21,22)23/h2,5-8,10-11,26H,9,12,24-25H2,1H3. The smallest absolute Gasteiger partial charge is 0.406 e. The maximum atomic E-state index is 13.1. The van der Waals surface area contributed by atoms with Crippen LogP contribution in [0.25, 0.3) is 10.9 Å². The van der Waals surface area contributed by atoms with Crippen molar-refractivity contribution in [2.24, 2.45) is 5.14 Å². The number of nitrogens with one attached hydrogen (secondary N) is 1. The highest BCUT2D eigenvalue weighted by molar-refractivity contribution is 7.82. The van der Waals surface area contributed by atoms with Crippen LogP contribution in [0.3, 0.4) is 0 Å². The van der Waals surface area contributed by atoms with Crippen molar-refractivity contribution in [1.29, 1.82) is 0 Å². The summed E-state index contributed by atoms with van der Waals surface area (Å²) in [7, 11) is -0.189. The molecule has 0 saturated carbocycles. The summed E-state index contributed by atoms with van der Waals surface area (Å²) >= 11 is 0. The first-order valence-corrected chi connectivity index (χ1v) is 9.92. The molecular weight excluding hydrogens is 417 g/mol. The molecule has 1 aromatic heterocycles. The zero-order chi connectivity index (χ0) is 21.9. The van der Waals surface area contributed by atoms with Gasteiger partial charge < -0.3 is 20.4 Å². The number of anilines is 2. The number of halogens is 3. The Balaban J connectivity index is 1.85. The second-order valence-corrected chi connectivity index (χ2v) is 7.39. The van der Waals surface area contributed by atoms with Crippen molar-refractivity contribution >= 4 is 33.3 Å². The predicted molar refractivity (Wildman–Crippen MR) is 111 cm³/mol. The lowest BCUT2D eigenvalue weighted by atomic mass is 10.2. The second-order valence-electron chi connectivity index (χ2n) is 6.33.